The summed E-state index contributed by atoms with van der Waals surface area (Å²) in [5, 5.41) is 60.8. The van der Waals surface area contributed by atoms with Crippen molar-refractivity contribution in [2.24, 2.45) is 0 Å². The van der Waals surface area contributed by atoms with Crippen molar-refractivity contribution in [3.05, 3.63) is 0 Å². The molecular formula is C11H18NO9-. The molecule has 1 saturated heterocycles. The topological polar surface area (TPSA) is 180 Å². The van der Waals surface area contributed by atoms with Gasteiger partial charge in [-0.15, -0.1) is 0 Å². The SMILES string of the molecule is CC(=O)N[C@H]1[C@@H]([C@H](O)[C@H](O)CO)O[C@](O)(C(=O)[O-])C[C@H]1O. The third-order valence-corrected chi connectivity index (χ3v) is 3.19. The molecule has 1 fully saturated rings. The summed E-state index contributed by atoms with van der Waals surface area (Å²) in [4.78, 5) is 22.0. The van der Waals surface area contributed by atoms with Crippen LogP contribution in [0.5, 0.6) is 0 Å². The fourth-order valence-corrected chi connectivity index (χ4v) is 2.13. The van der Waals surface area contributed by atoms with Gasteiger partial charge in [0.05, 0.1) is 18.8 Å². The summed E-state index contributed by atoms with van der Waals surface area (Å²) in [5.41, 5.74) is 0. The average Bonchev–Trinajstić information content (AvgIpc) is 2.39. The molecule has 10 nitrogen and oxygen atoms in total. The van der Waals surface area contributed by atoms with E-state index in [4.69, 9.17) is 9.84 Å². The van der Waals surface area contributed by atoms with Crippen LogP contribution >= 0.6 is 0 Å². The van der Waals surface area contributed by atoms with Crippen LogP contribution in [-0.4, -0.2) is 80.3 Å². The molecule has 10 heteroatoms. The van der Waals surface area contributed by atoms with Gasteiger partial charge < -0.3 is 45.5 Å². The molecule has 21 heavy (non-hydrogen) atoms. The van der Waals surface area contributed by atoms with Crippen molar-refractivity contribution >= 4 is 11.9 Å². The highest BCUT2D eigenvalue weighted by atomic mass is 16.7. The second-order valence-corrected chi connectivity index (χ2v) is 4.89. The minimum atomic E-state index is -2.89. The Balaban J connectivity index is 3.07. The molecule has 1 aliphatic rings. The van der Waals surface area contributed by atoms with Crippen LogP contribution in [0.4, 0.5) is 0 Å². The molecule has 0 aromatic rings. The summed E-state index contributed by atoms with van der Waals surface area (Å²) in [6.07, 6.45) is -7.67. The molecule has 1 heterocycles. The van der Waals surface area contributed by atoms with Crippen LogP contribution < -0.4 is 10.4 Å². The van der Waals surface area contributed by atoms with Gasteiger partial charge in [0, 0.05) is 13.3 Å². The highest BCUT2D eigenvalue weighted by Crippen LogP contribution is 2.29. The van der Waals surface area contributed by atoms with Crippen molar-refractivity contribution < 1.29 is 45.0 Å². The largest absolute Gasteiger partial charge is 0.544 e. The van der Waals surface area contributed by atoms with Gasteiger partial charge in [-0.05, 0) is 0 Å². The summed E-state index contributed by atoms with van der Waals surface area (Å²) in [6.45, 7) is 0.228. The van der Waals surface area contributed by atoms with E-state index >= 15 is 0 Å². The van der Waals surface area contributed by atoms with Crippen molar-refractivity contribution in [1.82, 2.24) is 5.32 Å². The minimum absolute atomic E-state index is 0.614. The standard InChI is InChI=1S/C11H19NO9/c1-4(14)12-7-5(15)2-11(20,10(18)19)21-9(7)8(17)6(16)3-13/h5-9,13,15-17,20H,2-3H2,1H3,(H,12,14)(H,18,19)/p-1/t5-,6-,7-,8-,9+,11+/m1/s1. The number of carboxylic acid groups (broad SMARTS) is 1. The summed E-state index contributed by atoms with van der Waals surface area (Å²) in [6, 6.07) is -1.29. The van der Waals surface area contributed by atoms with Crippen LogP contribution in [0.15, 0.2) is 0 Å². The Morgan fingerprint density at radius 1 is 1.48 bits per heavy atom. The van der Waals surface area contributed by atoms with Gasteiger partial charge in [0.1, 0.15) is 24.3 Å². The van der Waals surface area contributed by atoms with E-state index in [9.17, 15) is 35.1 Å². The molecule has 1 amide bonds. The summed E-state index contributed by atoms with van der Waals surface area (Å²) in [7, 11) is 0. The van der Waals surface area contributed by atoms with E-state index in [1.807, 2.05) is 0 Å². The molecule has 6 atom stereocenters. The van der Waals surface area contributed by atoms with Crippen molar-refractivity contribution in [2.75, 3.05) is 6.61 Å². The van der Waals surface area contributed by atoms with E-state index in [0.717, 1.165) is 6.92 Å². The van der Waals surface area contributed by atoms with Gasteiger partial charge in [-0.3, -0.25) is 4.79 Å². The summed E-state index contributed by atoms with van der Waals surface area (Å²) in [5.74, 6) is -5.55. The number of amides is 1. The highest BCUT2D eigenvalue weighted by Gasteiger charge is 2.50. The van der Waals surface area contributed by atoms with Gasteiger partial charge in [0.2, 0.25) is 11.7 Å². The maximum absolute atomic E-state index is 11.1. The zero-order chi connectivity index (χ0) is 16.4. The second-order valence-electron chi connectivity index (χ2n) is 4.89. The summed E-state index contributed by atoms with van der Waals surface area (Å²) < 4.78 is 4.80. The maximum atomic E-state index is 11.1. The number of carbonyl (C=O) groups excluding carboxylic acids is 2. The first-order valence-corrected chi connectivity index (χ1v) is 6.16. The number of rotatable bonds is 5. The lowest BCUT2D eigenvalue weighted by atomic mass is 9.88. The predicted molar refractivity (Wildman–Crippen MR) is 62.2 cm³/mol. The minimum Gasteiger partial charge on any atom is -0.544 e. The first kappa shape index (κ1) is 17.8. The van der Waals surface area contributed by atoms with Crippen LogP contribution in [0.2, 0.25) is 0 Å². The zero-order valence-corrected chi connectivity index (χ0v) is 11.2. The molecule has 1 aliphatic heterocycles. The molecule has 0 saturated carbocycles. The van der Waals surface area contributed by atoms with E-state index in [1.165, 1.54) is 0 Å². The molecular weight excluding hydrogens is 290 g/mol. The monoisotopic (exact) mass is 308 g/mol. The first-order chi connectivity index (χ1) is 9.62. The highest BCUT2D eigenvalue weighted by molar-refractivity contribution is 5.74. The predicted octanol–water partition coefficient (Wildman–Crippen LogP) is -5.21. The van der Waals surface area contributed by atoms with Crippen LogP contribution in [0.1, 0.15) is 13.3 Å². The maximum Gasteiger partial charge on any atom is 0.217 e. The molecule has 122 valence electrons. The molecule has 0 spiro atoms. The van der Waals surface area contributed by atoms with E-state index in [1.54, 1.807) is 0 Å². The number of carboxylic acids is 1. The van der Waals surface area contributed by atoms with E-state index < -0.39 is 61.1 Å². The summed E-state index contributed by atoms with van der Waals surface area (Å²) >= 11 is 0. The van der Waals surface area contributed by atoms with Crippen molar-refractivity contribution in [1.29, 1.82) is 0 Å². The number of aliphatic hydroxyl groups excluding tert-OH is 4. The lowest BCUT2D eigenvalue weighted by Crippen LogP contribution is -2.68. The Morgan fingerprint density at radius 2 is 2.05 bits per heavy atom. The molecule has 1 rings (SSSR count). The van der Waals surface area contributed by atoms with Gasteiger partial charge in [-0.1, -0.05) is 0 Å². The Morgan fingerprint density at radius 3 is 2.48 bits per heavy atom. The Labute approximate surface area is 119 Å². The number of aliphatic carboxylic acids is 1. The zero-order valence-electron chi connectivity index (χ0n) is 11.2. The Kier molecular flexibility index (Phi) is 5.61. The molecule has 0 bridgehead atoms. The van der Waals surface area contributed by atoms with Crippen molar-refractivity contribution in [3.8, 4) is 0 Å². The van der Waals surface area contributed by atoms with Gasteiger partial charge in [0.15, 0.2) is 0 Å². The molecule has 0 aromatic heterocycles. The molecule has 0 aliphatic carbocycles. The number of ether oxygens (including phenoxy) is 1. The quantitative estimate of drug-likeness (QED) is 0.289. The van der Waals surface area contributed by atoms with Crippen LogP contribution in [-0.2, 0) is 14.3 Å². The molecule has 6 N–H and O–H groups in total. The van der Waals surface area contributed by atoms with Crippen LogP contribution in [0, 0.1) is 0 Å². The number of nitrogens with one attached hydrogen (secondary N) is 1. The third kappa shape index (κ3) is 3.87. The number of carbonyl (C=O) groups is 2. The van der Waals surface area contributed by atoms with Crippen LogP contribution in [0.25, 0.3) is 0 Å². The van der Waals surface area contributed by atoms with Gasteiger partial charge in [-0.2, -0.15) is 0 Å². The fourth-order valence-electron chi connectivity index (χ4n) is 2.13. The second kappa shape index (κ2) is 6.64. The van der Waals surface area contributed by atoms with Crippen molar-refractivity contribution in [2.45, 2.75) is 49.6 Å². The van der Waals surface area contributed by atoms with Gasteiger partial charge in [-0.25, -0.2) is 0 Å². The molecule has 0 unspecified atom stereocenters. The fraction of sp³-hybridized carbons (Fsp3) is 0.818. The molecule has 0 radical (unpaired) electrons. The Hall–Kier alpha value is -1.30. The van der Waals surface area contributed by atoms with Crippen LogP contribution in [0.3, 0.4) is 0 Å². The number of hydrogen-bond acceptors (Lipinski definition) is 9. The smallest absolute Gasteiger partial charge is 0.217 e. The average molecular weight is 308 g/mol. The number of aliphatic hydroxyl groups is 5. The van der Waals surface area contributed by atoms with E-state index in [-0.39, 0.29) is 0 Å². The third-order valence-electron chi connectivity index (χ3n) is 3.19. The van der Waals surface area contributed by atoms with Gasteiger partial charge in [0.25, 0.3) is 0 Å². The Bertz CT molecular complexity index is 403. The lowest BCUT2D eigenvalue weighted by molar-refractivity contribution is -0.374. The van der Waals surface area contributed by atoms with E-state index in [2.05, 4.69) is 5.32 Å². The van der Waals surface area contributed by atoms with E-state index in [0.29, 0.717) is 0 Å². The number of hydrogen-bond donors (Lipinski definition) is 6. The normalized spacial score (nSPS) is 35.8. The van der Waals surface area contributed by atoms with Gasteiger partial charge >= 0.3 is 0 Å². The van der Waals surface area contributed by atoms with Crippen molar-refractivity contribution in [3.63, 3.8) is 0 Å². The molecule has 0 aromatic carbocycles. The lowest BCUT2D eigenvalue weighted by Gasteiger charge is -2.46. The first-order valence-electron chi connectivity index (χ1n) is 6.16.